The summed E-state index contributed by atoms with van der Waals surface area (Å²) in [6.07, 6.45) is 3.91. The lowest BCUT2D eigenvalue weighted by molar-refractivity contribution is -0.0584. The largest absolute Gasteiger partial charge is 0.392 e. The third-order valence-corrected chi connectivity index (χ3v) is 5.09. The Hall–Kier alpha value is -2.54. The van der Waals surface area contributed by atoms with Crippen molar-refractivity contribution in [3.8, 4) is 0 Å². The first-order valence-electron chi connectivity index (χ1n) is 7.34. The number of thiazole rings is 1. The van der Waals surface area contributed by atoms with Gasteiger partial charge in [0, 0.05) is 4.88 Å². The molecule has 2 heterocycles. The van der Waals surface area contributed by atoms with Gasteiger partial charge in [0.15, 0.2) is 0 Å². The van der Waals surface area contributed by atoms with E-state index < -0.39 is 17.8 Å². The van der Waals surface area contributed by atoms with Crippen LogP contribution in [0.4, 0.5) is 0 Å². The van der Waals surface area contributed by atoms with Gasteiger partial charge in [0.1, 0.15) is 0 Å². The minimum Gasteiger partial charge on any atom is -0.322 e. The molecule has 6 nitrogen and oxygen atoms in total. The maximum absolute atomic E-state index is 12.2. The number of hydroxylamine groups is 2. The fraction of sp³-hybridized carbons (Fsp3) is 0.250. The SMILES string of the molecule is O=C(ON1C(=O)c2ccccc2C1=O)c1nc2c(s1)CCCC2. The van der Waals surface area contributed by atoms with Gasteiger partial charge in [0.2, 0.25) is 5.01 Å². The number of carbonyl (C=O) groups is 3. The van der Waals surface area contributed by atoms with Gasteiger partial charge in [-0.05, 0) is 37.8 Å². The van der Waals surface area contributed by atoms with Crippen molar-refractivity contribution < 1.29 is 19.2 Å². The van der Waals surface area contributed by atoms with Crippen LogP contribution in [0.5, 0.6) is 0 Å². The highest BCUT2D eigenvalue weighted by atomic mass is 32.1. The van der Waals surface area contributed by atoms with Crippen LogP contribution in [0.25, 0.3) is 0 Å². The zero-order chi connectivity index (χ0) is 16.0. The molecule has 0 fully saturated rings. The van der Waals surface area contributed by atoms with E-state index in [4.69, 9.17) is 4.84 Å². The molecule has 0 saturated carbocycles. The summed E-state index contributed by atoms with van der Waals surface area (Å²) >= 11 is 1.28. The Balaban J connectivity index is 1.57. The van der Waals surface area contributed by atoms with Gasteiger partial charge in [-0.2, -0.15) is 0 Å². The molecule has 1 aliphatic heterocycles. The molecular weight excluding hydrogens is 316 g/mol. The number of carbonyl (C=O) groups excluding carboxylic acids is 3. The van der Waals surface area contributed by atoms with E-state index >= 15 is 0 Å². The lowest BCUT2D eigenvalue weighted by atomic mass is 10.0. The van der Waals surface area contributed by atoms with Crippen molar-refractivity contribution in [3.63, 3.8) is 0 Å². The van der Waals surface area contributed by atoms with E-state index in [-0.39, 0.29) is 16.1 Å². The molecule has 7 heteroatoms. The second-order valence-corrected chi connectivity index (χ2v) is 6.51. The molecule has 1 aromatic carbocycles. The van der Waals surface area contributed by atoms with Crippen LogP contribution >= 0.6 is 11.3 Å². The molecule has 116 valence electrons. The Kier molecular flexibility index (Phi) is 3.23. The minimum absolute atomic E-state index is 0.188. The van der Waals surface area contributed by atoms with Crippen molar-refractivity contribution in [2.24, 2.45) is 0 Å². The van der Waals surface area contributed by atoms with E-state index in [1.165, 1.54) is 23.5 Å². The van der Waals surface area contributed by atoms with Gasteiger partial charge in [0.25, 0.3) is 11.8 Å². The van der Waals surface area contributed by atoms with E-state index in [2.05, 4.69) is 4.98 Å². The van der Waals surface area contributed by atoms with Crippen LogP contribution in [0, 0.1) is 0 Å². The number of rotatable bonds is 2. The van der Waals surface area contributed by atoms with Gasteiger partial charge in [-0.1, -0.05) is 17.2 Å². The number of benzene rings is 1. The molecule has 0 atom stereocenters. The number of aromatic nitrogens is 1. The average molecular weight is 328 g/mol. The summed E-state index contributed by atoms with van der Waals surface area (Å²) in [5.74, 6) is -2.01. The van der Waals surface area contributed by atoms with Crippen molar-refractivity contribution in [2.75, 3.05) is 0 Å². The van der Waals surface area contributed by atoms with E-state index in [1.807, 2.05) is 0 Å². The van der Waals surface area contributed by atoms with Crippen LogP contribution in [0.1, 0.15) is 53.9 Å². The van der Waals surface area contributed by atoms with Crippen LogP contribution in [0.3, 0.4) is 0 Å². The lowest BCUT2D eigenvalue weighted by Gasteiger charge is -2.11. The molecule has 0 N–H and O–H groups in total. The maximum Gasteiger partial charge on any atom is 0.392 e. The zero-order valence-electron chi connectivity index (χ0n) is 12.1. The van der Waals surface area contributed by atoms with Crippen LogP contribution < -0.4 is 0 Å². The topological polar surface area (TPSA) is 76.6 Å². The van der Waals surface area contributed by atoms with E-state index in [9.17, 15) is 14.4 Å². The Morgan fingerprint density at radius 1 is 1.09 bits per heavy atom. The quantitative estimate of drug-likeness (QED) is 0.791. The molecule has 0 radical (unpaired) electrons. The third-order valence-electron chi connectivity index (χ3n) is 3.95. The van der Waals surface area contributed by atoms with E-state index in [0.717, 1.165) is 36.3 Å². The predicted molar refractivity (Wildman–Crippen MR) is 81.1 cm³/mol. The summed E-state index contributed by atoms with van der Waals surface area (Å²) in [6.45, 7) is 0. The van der Waals surface area contributed by atoms with Gasteiger partial charge in [-0.15, -0.1) is 11.3 Å². The minimum atomic E-state index is -0.765. The van der Waals surface area contributed by atoms with Crippen molar-refractivity contribution in [1.82, 2.24) is 10.0 Å². The summed E-state index contributed by atoms with van der Waals surface area (Å²) in [4.78, 5) is 47.0. The molecule has 0 spiro atoms. The number of amides is 2. The van der Waals surface area contributed by atoms with E-state index in [1.54, 1.807) is 12.1 Å². The van der Waals surface area contributed by atoms with Crippen molar-refractivity contribution >= 4 is 29.1 Å². The molecule has 0 bridgehead atoms. The molecule has 4 rings (SSSR count). The smallest absolute Gasteiger partial charge is 0.322 e. The second-order valence-electron chi connectivity index (χ2n) is 5.43. The van der Waals surface area contributed by atoms with Gasteiger partial charge in [-0.3, -0.25) is 9.59 Å². The van der Waals surface area contributed by atoms with Crippen LogP contribution in [0.2, 0.25) is 0 Å². The first kappa shape index (κ1) is 14.1. The number of hydrogen-bond donors (Lipinski definition) is 0. The van der Waals surface area contributed by atoms with Crippen LogP contribution in [0.15, 0.2) is 24.3 Å². The standard InChI is InChI=1S/C16H12N2O4S/c19-14-9-5-1-2-6-10(9)15(20)18(14)22-16(21)13-17-11-7-3-4-8-12(11)23-13/h1-2,5-6H,3-4,7-8H2. The highest BCUT2D eigenvalue weighted by Gasteiger charge is 2.39. The fourth-order valence-corrected chi connectivity index (χ4v) is 3.83. The summed E-state index contributed by atoms with van der Waals surface area (Å²) in [5.41, 5.74) is 1.41. The summed E-state index contributed by atoms with van der Waals surface area (Å²) < 4.78 is 0. The highest BCUT2D eigenvalue weighted by molar-refractivity contribution is 7.13. The molecule has 0 saturated heterocycles. The van der Waals surface area contributed by atoms with Gasteiger partial charge >= 0.3 is 5.97 Å². The fourth-order valence-electron chi connectivity index (χ4n) is 2.81. The molecule has 2 aliphatic rings. The van der Waals surface area contributed by atoms with Crippen LogP contribution in [-0.2, 0) is 17.7 Å². The lowest BCUT2D eigenvalue weighted by Crippen LogP contribution is -2.32. The van der Waals surface area contributed by atoms with Crippen LogP contribution in [-0.4, -0.2) is 27.8 Å². The van der Waals surface area contributed by atoms with Gasteiger partial charge in [-0.25, -0.2) is 9.78 Å². The summed E-state index contributed by atoms with van der Waals surface area (Å²) in [7, 11) is 0. The molecule has 0 unspecified atom stereocenters. The number of aryl methyl sites for hydroxylation is 2. The normalized spacial score (nSPS) is 16.3. The Morgan fingerprint density at radius 2 is 1.74 bits per heavy atom. The van der Waals surface area contributed by atoms with E-state index in [0.29, 0.717) is 5.06 Å². The first-order chi connectivity index (χ1) is 11.1. The Bertz CT molecular complexity index is 784. The average Bonchev–Trinajstić information content (AvgIpc) is 3.11. The monoisotopic (exact) mass is 328 g/mol. The van der Waals surface area contributed by atoms with Crippen molar-refractivity contribution in [1.29, 1.82) is 0 Å². The molecular formula is C16H12N2O4S. The molecule has 23 heavy (non-hydrogen) atoms. The highest BCUT2D eigenvalue weighted by Crippen LogP contribution is 2.28. The number of nitrogens with zero attached hydrogens (tertiary/aromatic N) is 2. The number of imide groups is 1. The predicted octanol–water partition coefficient (Wildman–Crippen LogP) is 2.39. The molecule has 2 aromatic rings. The Morgan fingerprint density at radius 3 is 2.39 bits per heavy atom. The summed E-state index contributed by atoms with van der Waals surface area (Å²) in [5, 5.41) is 0.710. The zero-order valence-corrected chi connectivity index (χ0v) is 12.9. The third kappa shape index (κ3) is 2.24. The number of fused-ring (bicyclic) bond motifs is 2. The van der Waals surface area contributed by atoms with Crippen molar-refractivity contribution in [2.45, 2.75) is 25.7 Å². The Labute approximate surface area is 135 Å². The molecule has 1 aliphatic carbocycles. The van der Waals surface area contributed by atoms with Gasteiger partial charge < -0.3 is 4.84 Å². The number of hydrogen-bond acceptors (Lipinski definition) is 6. The maximum atomic E-state index is 12.2. The second kappa shape index (κ2) is 5.27. The summed E-state index contributed by atoms with van der Waals surface area (Å²) in [6, 6.07) is 6.38. The first-order valence-corrected chi connectivity index (χ1v) is 8.15. The molecule has 1 aromatic heterocycles. The van der Waals surface area contributed by atoms with Crippen molar-refractivity contribution in [3.05, 3.63) is 51.0 Å². The van der Waals surface area contributed by atoms with Gasteiger partial charge in [0.05, 0.1) is 16.8 Å². The molecule has 2 amide bonds.